The fraction of sp³-hybridized carbons (Fsp3) is 0.400. The van der Waals surface area contributed by atoms with Gasteiger partial charge < -0.3 is 10.2 Å². The number of anilines is 1. The Labute approximate surface area is 119 Å². The first-order valence-electron chi connectivity index (χ1n) is 6.93. The fourth-order valence-electron chi connectivity index (χ4n) is 2.23. The summed E-state index contributed by atoms with van der Waals surface area (Å²) in [7, 11) is 0. The molecular formula is C15H20N4O. The van der Waals surface area contributed by atoms with E-state index in [4.69, 9.17) is 0 Å². The van der Waals surface area contributed by atoms with Crippen LogP contribution in [-0.2, 0) is 4.79 Å². The molecule has 1 unspecified atom stereocenters. The molecule has 0 aliphatic heterocycles. The van der Waals surface area contributed by atoms with Gasteiger partial charge in [-0.3, -0.25) is 4.79 Å². The fourth-order valence-corrected chi connectivity index (χ4v) is 2.23. The second-order valence-electron chi connectivity index (χ2n) is 4.65. The van der Waals surface area contributed by atoms with E-state index in [1.54, 1.807) is 6.20 Å². The number of carbonyl (C=O) groups excluding carboxylic acids is 1. The number of benzene rings is 1. The van der Waals surface area contributed by atoms with Gasteiger partial charge in [0.25, 0.3) is 0 Å². The van der Waals surface area contributed by atoms with Crippen molar-refractivity contribution in [2.24, 2.45) is 0 Å². The molecule has 1 aromatic carbocycles. The van der Waals surface area contributed by atoms with Crippen LogP contribution in [0.5, 0.6) is 0 Å². The second-order valence-corrected chi connectivity index (χ2v) is 4.65. The normalized spacial score (nSPS) is 12.2. The number of hydrogen-bond donors (Lipinski definition) is 1. The van der Waals surface area contributed by atoms with Gasteiger partial charge in [0.2, 0.25) is 5.91 Å². The highest BCUT2D eigenvalue weighted by atomic mass is 16.2. The van der Waals surface area contributed by atoms with E-state index in [-0.39, 0.29) is 11.9 Å². The zero-order valence-corrected chi connectivity index (χ0v) is 12.1. The molecule has 0 radical (unpaired) electrons. The first-order chi connectivity index (χ1) is 9.67. The Balaban J connectivity index is 2.22. The Kier molecular flexibility index (Phi) is 4.50. The molecule has 0 saturated heterocycles. The van der Waals surface area contributed by atoms with E-state index in [9.17, 15) is 4.79 Å². The van der Waals surface area contributed by atoms with Crippen LogP contribution in [0.25, 0.3) is 10.9 Å². The van der Waals surface area contributed by atoms with Crippen molar-refractivity contribution in [1.82, 2.24) is 15.1 Å². The van der Waals surface area contributed by atoms with Gasteiger partial charge in [-0.05, 0) is 26.8 Å². The molecule has 5 heteroatoms. The van der Waals surface area contributed by atoms with Gasteiger partial charge in [-0.2, -0.15) is 10.2 Å². The van der Waals surface area contributed by atoms with Gasteiger partial charge in [0.05, 0.1) is 17.4 Å². The minimum atomic E-state index is -0.289. The van der Waals surface area contributed by atoms with E-state index >= 15 is 0 Å². The summed E-state index contributed by atoms with van der Waals surface area (Å²) in [6, 6.07) is 7.46. The number of fused-ring (bicyclic) bond motifs is 1. The topological polar surface area (TPSA) is 58.1 Å². The molecule has 2 aromatic rings. The van der Waals surface area contributed by atoms with E-state index in [1.165, 1.54) is 0 Å². The standard InChI is InChI=1S/C15H20N4O/c1-4-19(5-2)15(20)11(3)17-14-10-16-18-13-9-7-6-8-12(13)14/h6-11H,4-5H2,1-3H3,(H,17,18). The molecule has 0 spiro atoms. The number of amides is 1. The molecule has 0 saturated carbocycles. The van der Waals surface area contributed by atoms with Crippen LogP contribution in [0.4, 0.5) is 5.69 Å². The summed E-state index contributed by atoms with van der Waals surface area (Å²) in [5.41, 5.74) is 1.66. The highest BCUT2D eigenvalue weighted by Gasteiger charge is 2.18. The van der Waals surface area contributed by atoms with Crippen molar-refractivity contribution in [3.05, 3.63) is 30.5 Å². The van der Waals surface area contributed by atoms with Crippen LogP contribution in [0.2, 0.25) is 0 Å². The first-order valence-corrected chi connectivity index (χ1v) is 6.93. The maximum atomic E-state index is 12.3. The molecule has 1 aromatic heterocycles. The van der Waals surface area contributed by atoms with Gasteiger partial charge in [0, 0.05) is 18.5 Å². The molecule has 106 valence electrons. The number of nitrogens with one attached hydrogen (secondary N) is 1. The van der Waals surface area contributed by atoms with E-state index in [0.717, 1.165) is 29.7 Å². The summed E-state index contributed by atoms with van der Waals surface area (Å²) in [6.45, 7) is 7.28. The number of hydrogen-bond acceptors (Lipinski definition) is 4. The van der Waals surface area contributed by atoms with E-state index < -0.39 is 0 Å². The van der Waals surface area contributed by atoms with Gasteiger partial charge in [-0.15, -0.1) is 0 Å². The van der Waals surface area contributed by atoms with Crippen molar-refractivity contribution in [2.45, 2.75) is 26.8 Å². The molecule has 1 N–H and O–H groups in total. The molecule has 1 amide bonds. The number of likely N-dealkylation sites (N-methyl/N-ethyl adjacent to an activating group) is 1. The summed E-state index contributed by atoms with van der Waals surface area (Å²) in [5.74, 6) is 0.0934. The summed E-state index contributed by atoms with van der Waals surface area (Å²) in [4.78, 5) is 14.1. The molecule has 2 rings (SSSR count). The van der Waals surface area contributed by atoms with Crippen molar-refractivity contribution in [2.75, 3.05) is 18.4 Å². The predicted molar refractivity (Wildman–Crippen MR) is 80.6 cm³/mol. The van der Waals surface area contributed by atoms with Crippen molar-refractivity contribution in [3.63, 3.8) is 0 Å². The zero-order valence-electron chi connectivity index (χ0n) is 12.1. The number of carbonyl (C=O) groups is 1. The lowest BCUT2D eigenvalue weighted by Gasteiger charge is -2.24. The maximum Gasteiger partial charge on any atom is 0.244 e. The molecule has 5 nitrogen and oxygen atoms in total. The van der Waals surface area contributed by atoms with Crippen LogP contribution in [0.3, 0.4) is 0 Å². The SMILES string of the molecule is CCN(CC)C(=O)C(C)Nc1cnnc2ccccc12. The molecule has 0 bridgehead atoms. The van der Waals surface area contributed by atoms with Crippen LogP contribution in [0, 0.1) is 0 Å². The quantitative estimate of drug-likeness (QED) is 0.907. The number of aromatic nitrogens is 2. The van der Waals surface area contributed by atoms with Gasteiger partial charge in [-0.25, -0.2) is 0 Å². The third kappa shape index (κ3) is 2.87. The van der Waals surface area contributed by atoms with Crippen LogP contribution in [0.15, 0.2) is 30.5 Å². The van der Waals surface area contributed by atoms with Crippen molar-refractivity contribution >= 4 is 22.5 Å². The largest absolute Gasteiger partial charge is 0.372 e. The third-order valence-corrected chi connectivity index (χ3v) is 3.36. The van der Waals surface area contributed by atoms with Crippen LogP contribution in [0.1, 0.15) is 20.8 Å². The summed E-state index contributed by atoms with van der Waals surface area (Å²) in [5, 5.41) is 12.3. The van der Waals surface area contributed by atoms with Crippen molar-refractivity contribution in [3.8, 4) is 0 Å². The highest BCUT2D eigenvalue weighted by Crippen LogP contribution is 2.20. The van der Waals surface area contributed by atoms with Gasteiger partial charge >= 0.3 is 0 Å². The molecule has 20 heavy (non-hydrogen) atoms. The molecule has 1 atom stereocenters. The summed E-state index contributed by atoms with van der Waals surface area (Å²) >= 11 is 0. The minimum absolute atomic E-state index is 0.0934. The Morgan fingerprint density at radius 2 is 2.00 bits per heavy atom. The zero-order chi connectivity index (χ0) is 14.5. The van der Waals surface area contributed by atoms with Crippen molar-refractivity contribution in [1.29, 1.82) is 0 Å². The first kappa shape index (κ1) is 14.2. The lowest BCUT2D eigenvalue weighted by Crippen LogP contribution is -2.41. The van der Waals surface area contributed by atoms with Gasteiger partial charge in [0.1, 0.15) is 6.04 Å². The third-order valence-electron chi connectivity index (χ3n) is 3.36. The number of rotatable bonds is 5. The van der Waals surface area contributed by atoms with E-state index in [2.05, 4.69) is 15.5 Å². The Morgan fingerprint density at radius 3 is 2.70 bits per heavy atom. The lowest BCUT2D eigenvalue weighted by atomic mass is 10.2. The van der Waals surface area contributed by atoms with Crippen LogP contribution in [-0.4, -0.2) is 40.1 Å². The highest BCUT2D eigenvalue weighted by molar-refractivity contribution is 5.93. The van der Waals surface area contributed by atoms with Gasteiger partial charge in [0.15, 0.2) is 0 Å². The number of nitrogens with zero attached hydrogens (tertiary/aromatic N) is 3. The monoisotopic (exact) mass is 272 g/mol. The Morgan fingerprint density at radius 1 is 1.30 bits per heavy atom. The lowest BCUT2D eigenvalue weighted by molar-refractivity contribution is -0.131. The summed E-state index contributed by atoms with van der Waals surface area (Å²) in [6.07, 6.45) is 1.66. The van der Waals surface area contributed by atoms with Gasteiger partial charge in [-0.1, -0.05) is 18.2 Å². The second kappa shape index (κ2) is 6.32. The average Bonchev–Trinajstić information content (AvgIpc) is 2.48. The molecule has 0 fully saturated rings. The van der Waals surface area contributed by atoms with Crippen molar-refractivity contribution < 1.29 is 4.79 Å². The van der Waals surface area contributed by atoms with E-state index in [1.807, 2.05) is 49.9 Å². The Hall–Kier alpha value is -2.17. The van der Waals surface area contributed by atoms with E-state index in [0.29, 0.717) is 0 Å². The molecule has 0 aliphatic rings. The summed E-state index contributed by atoms with van der Waals surface area (Å²) < 4.78 is 0. The van der Waals surface area contributed by atoms with Crippen LogP contribution >= 0.6 is 0 Å². The maximum absolute atomic E-state index is 12.3. The Bertz CT molecular complexity index is 590. The molecular weight excluding hydrogens is 252 g/mol. The van der Waals surface area contributed by atoms with Crippen LogP contribution < -0.4 is 5.32 Å². The predicted octanol–water partition coefficient (Wildman–Crippen LogP) is 2.30. The average molecular weight is 272 g/mol. The smallest absolute Gasteiger partial charge is 0.244 e. The molecule has 0 aliphatic carbocycles. The minimum Gasteiger partial charge on any atom is -0.372 e. The molecule has 1 heterocycles.